The number of ether oxygens (including phenoxy) is 2. The van der Waals surface area contributed by atoms with E-state index in [1.165, 1.54) is 0 Å². The quantitative estimate of drug-likeness (QED) is 0.480. The van der Waals surface area contributed by atoms with E-state index in [4.69, 9.17) is 21.7 Å². The highest BCUT2D eigenvalue weighted by atomic mass is 32.1. The Morgan fingerprint density at radius 3 is 2.41 bits per heavy atom. The fourth-order valence-corrected chi connectivity index (χ4v) is 2.48. The highest BCUT2D eigenvalue weighted by Gasteiger charge is 2.10. The molecule has 2 rings (SSSR count). The molecule has 1 amide bonds. The van der Waals surface area contributed by atoms with Crippen LogP contribution >= 0.6 is 12.2 Å². The number of amides is 1. The molecule has 0 aromatic heterocycles. The molecule has 0 spiro atoms. The minimum absolute atomic E-state index is 0.220. The Labute approximate surface area is 166 Å². The molecule has 0 bridgehead atoms. The van der Waals surface area contributed by atoms with Gasteiger partial charge in [-0.1, -0.05) is 32.4 Å². The van der Waals surface area contributed by atoms with E-state index in [-0.39, 0.29) is 11.0 Å². The zero-order valence-electron chi connectivity index (χ0n) is 15.8. The van der Waals surface area contributed by atoms with Gasteiger partial charge in [0.15, 0.2) is 5.11 Å². The van der Waals surface area contributed by atoms with Gasteiger partial charge in [0, 0.05) is 5.56 Å². The Bertz CT molecular complexity index is 747. The van der Waals surface area contributed by atoms with Crippen molar-refractivity contribution in [1.29, 1.82) is 0 Å². The lowest BCUT2D eigenvalue weighted by Crippen LogP contribution is -2.34. The first kappa shape index (κ1) is 20.7. The van der Waals surface area contributed by atoms with Crippen molar-refractivity contribution in [2.24, 2.45) is 0 Å². The lowest BCUT2D eigenvalue weighted by Gasteiger charge is -2.14. The van der Waals surface area contributed by atoms with Crippen molar-refractivity contribution in [2.75, 3.05) is 18.5 Å². The van der Waals surface area contributed by atoms with Crippen LogP contribution in [0.25, 0.3) is 0 Å². The SMILES string of the molecule is CCCCOc1ccccc1NC(=S)NC(=O)c1ccc(OCCC)cc1. The molecule has 27 heavy (non-hydrogen) atoms. The van der Waals surface area contributed by atoms with Gasteiger partial charge in [-0.05, 0) is 61.5 Å². The molecule has 0 heterocycles. The first-order chi connectivity index (χ1) is 13.1. The molecule has 0 saturated carbocycles. The van der Waals surface area contributed by atoms with Gasteiger partial charge in [-0.15, -0.1) is 0 Å². The Balaban J connectivity index is 1.92. The zero-order chi connectivity index (χ0) is 19.5. The van der Waals surface area contributed by atoms with E-state index in [2.05, 4.69) is 17.6 Å². The van der Waals surface area contributed by atoms with Gasteiger partial charge < -0.3 is 14.8 Å². The van der Waals surface area contributed by atoms with Gasteiger partial charge in [0.25, 0.3) is 5.91 Å². The molecule has 0 fully saturated rings. The Hall–Kier alpha value is -2.60. The summed E-state index contributed by atoms with van der Waals surface area (Å²) in [7, 11) is 0. The lowest BCUT2D eigenvalue weighted by atomic mass is 10.2. The largest absolute Gasteiger partial charge is 0.494 e. The van der Waals surface area contributed by atoms with Crippen molar-refractivity contribution in [3.8, 4) is 11.5 Å². The molecular formula is C21H26N2O3S. The summed E-state index contributed by atoms with van der Waals surface area (Å²) in [5.74, 6) is 1.17. The van der Waals surface area contributed by atoms with Crippen LogP contribution in [-0.2, 0) is 0 Å². The number of unbranched alkanes of at least 4 members (excludes halogenated alkanes) is 1. The maximum absolute atomic E-state index is 12.4. The molecule has 2 N–H and O–H groups in total. The number of hydrogen-bond donors (Lipinski definition) is 2. The molecule has 0 aliphatic heterocycles. The Kier molecular flexibility index (Phi) is 8.58. The summed E-state index contributed by atoms with van der Waals surface area (Å²) in [4.78, 5) is 12.4. The van der Waals surface area contributed by atoms with Crippen LogP contribution in [0.1, 0.15) is 43.5 Å². The number of nitrogens with one attached hydrogen (secondary N) is 2. The van der Waals surface area contributed by atoms with Gasteiger partial charge in [0.1, 0.15) is 11.5 Å². The van der Waals surface area contributed by atoms with E-state index in [1.807, 2.05) is 31.2 Å². The van der Waals surface area contributed by atoms with E-state index < -0.39 is 0 Å². The van der Waals surface area contributed by atoms with Crippen molar-refractivity contribution in [2.45, 2.75) is 33.1 Å². The molecule has 0 aliphatic carbocycles. The molecule has 0 radical (unpaired) electrons. The van der Waals surface area contributed by atoms with E-state index in [1.54, 1.807) is 24.3 Å². The van der Waals surface area contributed by atoms with Gasteiger partial charge in [-0.25, -0.2) is 0 Å². The lowest BCUT2D eigenvalue weighted by molar-refractivity contribution is 0.0977. The Morgan fingerprint density at radius 2 is 1.70 bits per heavy atom. The van der Waals surface area contributed by atoms with Gasteiger partial charge in [-0.2, -0.15) is 0 Å². The van der Waals surface area contributed by atoms with Crippen LogP contribution in [0.5, 0.6) is 11.5 Å². The molecule has 0 aliphatic rings. The number of carbonyl (C=O) groups excluding carboxylic acids is 1. The number of anilines is 1. The molecule has 0 saturated heterocycles. The fourth-order valence-electron chi connectivity index (χ4n) is 2.27. The predicted molar refractivity (Wildman–Crippen MR) is 113 cm³/mol. The third-order valence-electron chi connectivity index (χ3n) is 3.71. The second-order valence-electron chi connectivity index (χ2n) is 5.98. The van der Waals surface area contributed by atoms with Crippen molar-refractivity contribution in [3.05, 3.63) is 54.1 Å². The molecule has 5 nitrogen and oxygen atoms in total. The van der Waals surface area contributed by atoms with Crippen molar-refractivity contribution in [1.82, 2.24) is 5.32 Å². The van der Waals surface area contributed by atoms with Crippen LogP contribution in [0.4, 0.5) is 5.69 Å². The third-order valence-corrected chi connectivity index (χ3v) is 3.91. The van der Waals surface area contributed by atoms with E-state index in [0.29, 0.717) is 24.5 Å². The molecule has 2 aromatic carbocycles. The maximum Gasteiger partial charge on any atom is 0.257 e. The summed E-state index contributed by atoms with van der Waals surface area (Å²) in [5.41, 5.74) is 1.23. The minimum atomic E-state index is -0.279. The second-order valence-corrected chi connectivity index (χ2v) is 6.39. The zero-order valence-corrected chi connectivity index (χ0v) is 16.6. The first-order valence-electron chi connectivity index (χ1n) is 9.21. The van der Waals surface area contributed by atoms with Crippen molar-refractivity contribution in [3.63, 3.8) is 0 Å². The van der Waals surface area contributed by atoms with Gasteiger partial charge in [0.05, 0.1) is 18.9 Å². The van der Waals surface area contributed by atoms with Gasteiger partial charge in [-0.3, -0.25) is 10.1 Å². The smallest absolute Gasteiger partial charge is 0.257 e. The summed E-state index contributed by atoms with van der Waals surface area (Å²) in [6, 6.07) is 14.5. The number of carbonyl (C=O) groups is 1. The van der Waals surface area contributed by atoms with E-state index in [0.717, 1.165) is 30.7 Å². The number of para-hydroxylation sites is 2. The summed E-state index contributed by atoms with van der Waals surface area (Å²) < 4.78 is 11.3. The normalized spacial score (nSPS) is 10.1. The standard InChI is InChI=1S/C21H26N2O3S/c1-3-5-15-26-19-9-7-6-8-18(19)22-21(27)23-20(24)16-10-12-17(13-11-16)25-14-4-2/h6-13H,3-5,14-15H2,1-2H3,(H2,22,23,24,27). The summed E-state index contributed by atoms with van der Waals surface area (Å²) >= 11 is 5.27. The first-order valence-corrected chi connectivity index (χ1v) is 9.62. The molecule has 0 atom stereocenters. The number of benzene rings is 2. The van der Waals surface area contributed by atoms with Crippen LogP contribution in [0, 0.1) is 0 Å². The summed E-state index contributed by atoms with van der Waals surface area (Å²) in [6.45, 7) is 5.45. The van der Waals surface area contributed by atoms with Crippen LogP contribution in [0.3, 0.4) is 0 Å². The number of hydrogen-bond acceptors (Lipinski definition) is 4. The second kappa shape index (κ2) is 11.2. The Morgan fingerprint density at radius 1 is 0.963 bits per heavy atom. The van der Waals surface area contributed by atoms with Crippen LogP contribution in [-0.4, -0.2) is 24.2 Å². The molecule has 0 unspecified atom stereocenters. The average Bonchev–Trinajstić information content (AvgIpc) is 2.68. The highest BCUT2D eigenvalue weighted by molar-refractivity contribution is 7.80. The maximum atomic E-state index is 12.4. The van der Waals surface area contributed by atoms with Crippen LogP contribution in [0.15, 0.2) is 48.5 Å². The number of thiocarbonyl (C=S) groups is 1. The van der Waals surface area contributed by atoms with Gasteiger partial charge >= 0.3 is 0 Å². The van der Waals surface area contributed by atoms with Crippen molar-refractivity contribution < 1.29 is 14.3 Å². The fraction of sp³-hybridized carbons (Fsp3) is 0.333. The predicted octanol–water partition coefficient (Wildman–Crippen LogP) is 4.78. The monoisotopic (exact) mass is 386 g/mol. The topological polar surface area (TPSA) is 59.6 Å². The van der Waals surface area contributed by atoms with Crippen LogP contribution in [0.2, 0.25) is 0 Å². The molecule has 144 valence electrons. The highest BCUT2D eigenvalue weighted by Crippen LogP contribution is 2.24. The molecular weight excluding hydrogens is 360 g/mol. The third kappa shape index (κ3) is 6.90. The number of rotatable bonds is 9. The van der Waals surface area contributed by atoms with E-state index in [9.17, 15) is 4.79 Å². The van der Waals surface area contributed by atoms with E-state index >= 15 is 0 Å². The van der Waals surface area contributed by atoms with Crippen LogP contribution < -0.4 is 20.1 Å². The minimum Gasteiger partial charge on any atom is -0.494 e. The average molecular weight is 387 g/mol. The van der Waals surface area contributed by atoms with Crippen molar-refractivity contribution >= 4 is 28.9 Å². The van der Waals surface area contributed by atoms with Gasteiger partial charge in [0.2, 0.25) is 0 Å². The summed E-state index contributed by atoms with van der Waals surface area (Å²) in [5, 5.41) is 5.93. The molecule has 6 heteroatoms. The summed E-state index contributed by atoms with van der Waals surface area (Å²) in [6.07, 6.45) is 2.98. The molecule has 2 aromatic rings.